The smallest absolute Gasteiger partial charge is 0.248 e. The zero-order chi connectivity index (χ0) is 19.3. The maximum absolute atomic E-state index is 12.9. The van der Waals surface area contributed by atoms with E-state index in [9.17, 15) is 13.2 Å². The molecule has 1 N–H and O–H groups in total. The third-order valence-electron chi connectivity index (χ3n) is 4.07. The highest BCUT2D eigenvalue weighted by Crippen LogP contribution is 2.25. The summed E-state index contributed by atoms with van der Waals surface area (Å²) < 4.78 is 26.0. The van der Waals surface area contributed by atoms with E-state index < -0.39 is 16.1 Å². The van der Waals surface area contributed by atoms with Gasteiger partial charge in [-0.05, 0) is 48.7 Å². The van der Waals surface area contributed by atoms with Gasteiger partial charge in [0.2, 0.25) is 15.9 Å². The van der Waals surface area contributed by atoms with Crippen LogP contribution in [-0.4, -0.2) is 26.6 Å². The number of aryl methyl sites for hydroxylation is 1. The fourth-order valence-electron chi connectivity index (χ4n) is 2.81. The van der Waals surface area contributed by atoms with E-state index in [1.807, 2.05) is 31.2 Å². The van der Waals surface area contributed by atoms with Crippen molar-refractivity contribution in [2.75, 3.05) is 15.9 Å². The van der Waals surface area contributed by atoms with Gasteiger partial charge in [-0.15, -0.1) is 0 Å². The molecule has 0 aliphatic heterocycles. The fourth-order valence-corrected chi connectivity index (χ4v) is 4.15. The number of hydrogen-bond donors (Lipinski definition) is 1. The van der Waals surface area contributed by atoms with Gasteiger partial charge in [0.1, 0.15) is 6.04 Å². The van der Waals surface area contributed by atoms with E-state index in [2.05, 4.69) is 5.32 Å². The molecule has 0 aromatic heterocycles. The van der Waals surface area contributed by atoms with Crippen molar-refractivity contribution in [2.45, 2.75) is 32.7 Å². The molecule has 0 spiro atoms. The van der Waals surface area contributed by atoms with E-state index in [1.165, 1.54) is 0 Å². The van der Waals surface area contributed by atoms with E-state index in [-0.39, 0.29) is 5.91 Å². The summed E-state index contributed by atoms with van der Waals surface area (Å²) >= 11 is 5.90. The van der Waals surface area contributed by atoms with Gasteiger partial charge in [-0.3, -0.25) is 9.10 Å². The van der Waals surface area contributed by atoms with Gasteiger partial charge in [0.15, 0.2) is 0 Å². The quantitative estimate of drug-likeness (QED) is 0.769. The maximum atomic E-state index is 12.9. The van der Waals surface area contributed by atoms with Crippen molar-refractivity contribution in [3.63, 3.8) is 0 Å². The summed E-state index contributed by atoms with van der Waals surface area (Å²) in [5.74, 6) is -0.367. The zero-order valence-electron chi connectivity index (χ0n) is 15.1. The summed E-state index contributed by atoms with van der Waals surface area (Å²) in [5, 5.41) is 3.37. The first-order valence-corrected chi connectivity index (χ1v) is 10.6. The Bertz CT molecular complexity index is 867. The summed E-state index contributed by atoms with van der Waals surface area (Å²) in [6.45, 7) is 3.78. The van der Waals surface area contributed by atoms with Crippen molar-refractivity contribution in [1.82, 2.24) is 0 Å². The molecule has 7 heteroatoms. The fraction of sp³-hybridized carbons (Fsp3) is 0.316. The van der Waals surface area contributed by atoms with Crippen LogP contribution in [0.5, 0.6) is 0 Å². The molecule has 1 amide bonds. The number of anilines is 2. The number of rotatable bonds is 7. The summed E-state index contributed by atoms with van der Waals surface area (Å²) in [5.41, 5.74) is 2.10. The number of hydrogen-bond acceptors (Lipinski definition) is 3. The van der Waals surface area contributed by atoms with Gasteiger partial charge in [0.25, 0.3) is 0 Å². The Hall–Kier alpha value is -2.05. The van der Waals surface area contributed by atoms with E-state index in [0.29, 0.717) is 22.8 Å². The Morgan fingerprint density at radius 3 is 2.27 bits per heavy atom. The van der Waals surface area contributed by atoms with Crippen molar-refractivity contribution in [3.8, 4) is 0 Å². The largest absolute Gasteiger partial charge is 0.324 e. The molecule has 0 bridgehead atoms. The molecular formula is C19H23ClN2O3S. The summed E-state index contributed by atoms with van der Waals surface area (Å²) in [6, 6.07) is 13.0. The van der Waals surface area contributed by atoms with Crippen LogP contribution in [0.25, 0.3) is 0 Å². The van der Waals surface area contributed by atoms with Gasteiger partial charge in [-0.2, -0.15) is 0 Å². The summed E-state index contributed by atoms with van der Waals surface area (Å²) in [4.78, 5) is 12.9. The Morgan fingerprint density at radius 2 is 1.73 bits per heavy atom. The number of carbonyl (C=O) groups excluding carboxylic acids is 1. The SMILES string of the molecule is CCc1ccccc1NC(=O)C(CC)N(c1ccc(Cl)cc1)S(C)(=O)=O. The first-order valence-electron chi connectivity index (χ1n) is 8.41. The number of carbonyl (C=O) groups is 1. The second-order valence-electron chi connectivity index (χ2n) is 5.96. The summed E-state index contributed by atoms with van der Waals surface area (Å²) in [7, 11) is -3.67. The molecule has 2 rings (SSSR count). The molecule has 0 radical (unpaired) electrons. The van der Waals surface area contributed by atoms with Crippen LogP contribution >= 0.6 is 11.6 Å². The second kappa shape index (κ2) is 8.56. The first-order chi connectivity index (χ1) is 12.3. The third-order valence-corrected chi connectivity index (χ3v) is 5.50. The van der Waals surface area contributed by atoms with E-state index in [0.717, 1.165) is 22.5 Å². The van der Waals surface area contributed by atoms with E-state index in [4.69, 9.17) is 11.6 Å². The van der Waals surface area contributed by atoms with Gasteiger partial charge in [0, 0.05) is 10.7 Å². The lowest BCUT2D eigenvalue weighted by molar-refractivity contribution is -0.117. The number of sulfonamides is 1. The number of nitrogens with one attached hydrogen (secondary N) is 1. The molecular weight excluding hydrogens is 372 g/mol. The van der Waals surface area contributed by atoms with Crippen LogP contribution in [0.4, 0.5) is 11.4 Å². The molecule has 1 unspecified atom stereocenters. The maximum Gasteiger partial charge on any atom is 0.248 e. The first kappa shape index (κ1) is 20.3. The monoisotopic (exact) mass is 394 g/mol. The Kier molecular flexibility index (Phi) is 6.67. The van der Waals surface area contributed by atoms with E-state index >= 15 is 0 Å². The normalized spacial score (nSPS) is 12.5. The van der Waals surface area contributed by atoms with Crippen molar-refractivity contribution in [2.24, 2.45) is 0 Å². The van der Waals surface area contributed by atoms with Crippen molar-refractivity contribution in [3.05, 3.63) is 59.1 Å². The van der Waals surface area contributed by atoms with Gasteiger partial charge in [-0.1, -0.05) is 43.6 Å². The lowest BCUT2D eigenvalue weighted by Crippen LogP contribution is -2.47. The average Bonchev–Trinajstić information content (AvgIpc) is 2.60. The molecule has 2 aromatic carbocycles. The molecule has 26 heavy (non-hydrogen) atoms. The zero-order valence-corrected chi connectivity index (χ0v) is 16.6. The van der Waals surface area contributed by atoms with Crippen molar-refractivity contribution < 1.29 is 13.2 Å². The highest BCUT2D eigenvalue weighted by molar-refractivity contribution is 7.92. The molecule has 0 aliphatic carbocycles. The van der Waals surface area contributed by atoms with E-state index in [1.54, 1.807) is 31.2 Å². The predicted octanol–water partition coefficient (Wildman–Crippen LogP) is 4.09. The van der Waals surface area contributed by atoms with Gasteiger partial charge in [-0.25, -0.2) is 8.42 Å². The van der Waals surface area contributed by atoms with Crippen LogP contribution in [0.3, 0.4) is 0 Å². The molecule has 140 valence electrons. The van der Waals surface area contributed by atoms with Gasteiger partial charge in [0.05, 0.1) is 11.9 Å². The molecule has 5 nitrogen and oxygen atoms in total. The lowest BCUT2D eigenvalue weighted by atomic mass is 10.1. The second-order valence-corrected chi connectivity index (χ2v) is 8.26. The van der Waals surface area contributed by atoms with Crippen molar-refractivity contribution in [1.29, 1.82) is 0 Å². The standard InChI is InChI=1S/C19H23ClN2O3S/c1-4-14-8-6-7-9-17(14)21-19(23)18(5-2)22(26(3,24)25)16-12-10-15(20)11-13-16/h6-13,18H,4-5H2,1-3H3,(H,21,23). The van der Waals surface area contributed by atoms with Crippen LogP contribution in [0.2, 0.25) is 5.02 Å². The van der Waals surface area contributed by atoms with Crippen molar-refractivity contribution >= 4 is 38.9 Å². The van der Waals surface area contributed by atoms with Crippen LogP contribution in [0.15, 0.2) is 48.5 Å². The average molecular weight is 395 g/mol. The lowest BCUT2D eigenvalue weighted by Gasteiger charge is -2.30. The number of amides is 1. The molecule has 2 aromatic rings. The summed E-state index contributed by atoms with van der Waals surface area (Å²) in [6.07, 6.45) is 2.19. The molecule has 0 aliphatic rings. The Labute approximate surface area is 160 Å². The number of para-hydroxylation sites is 1. The topological polar surface area (TPSA) is 66.5 Å². The molecule has 0 saturated carbocycles. The number of nitrogens with zero attached hydrogens (tertiary/aromatic N) is 1. The Balaban J connectivity index is 2.38. The van der Waals surface area contributed by atoms with Crippen LogP contribution < -0.4 is 9.62 Å². The Morgan fingerprint density at radius 1 is 1.12 bits per heavy atom. The third kappa shape index (κ3) is 4.77. The van der Waals surface area contributed by atoms with Gasteiger partial charge >= 0.3 is 0 Å². The number of benzene rings is 2. The predicted molar refractivity (Wildman–Crippen MR) is 107 cm³/mol. The van der Waals surface area contributed by atoms with Gasteiger partial charge < -0.3 is 5.32 Å². The minimum Gasteiger partial charge on any atom is -0.324 e. The highest BCUT2D eigenvalue weighted by Gasteiger charge is 2.31. The highest BCUT2D eigenvalue weighted by atomic mass is 35.5. The minimum atomic E-state index is -3.67. The van der Waals surface area contributed by atoms with Crippen LogP contribution in [0, 0.1) is 0 Å². The van der Waals surface area contributed by atoms with Crippen LogP contribution in [0.1, 0.15) is 25.8 Å². The molecule has 0 heterocycles. The molecule has 0 fully saturated rings. The van der Waals surface area contributed by atoms with Crippen LogP contribution in [-0.2, 0) is 21.2 Å². The number of halogens is 1. The molecule has 0 saturated heterocycles. The molecule has 1 atom stereocenters. The minimum absolute atomic E-state index is 0.329.